The van der Waals surface area contributed by atoms with Crippen molar-refractivity contribution in [2.75, 3.05) is 19.8 Å². The van der Waals surface area contributed by atoms with E-state index in [1.807, 2.05) is 31.2 Å². The first-order chi connectivity index (χ1) is 12.3. The molecule has 6 nitrogen and oxygen atoms in total. The number of ether oxygens (including phenoxy) is 3. The van der Waals surface area contributed by atoms with Crippen LogP contribution in [0.2, 0.25) is 0 Å². The van der Waals surface area contributed by atoms with Crippen LogP contribution >= 0.6 is 0 Å². The summed E-state index contributed by atoms with van der Waals surface area (Å²) in [5.41, 5.74) is 1.83. The number of fused-ring (bicyclic) bond motifs is 1. The van der Waals surface area contributed by atoms with Gasteiger partial charge < -0.3 is 14.2 Å². The number of aromatic nitrogens is 2. The fourth-order valence-electron chi connectivity index (χ4n) is 2.27. The molecule has 2 aromatic carbocycles. The van der Waals surface area contributed by atoms with Gasteiger partial charge in [-0.1, -0.05) is 0 Å². The standard InChI is InChI=1S/C19H18N2O4/c1-2-23-15-4-6-16(7-5-15)24-11-12-25-19(22)14-3-8-17-18(13-14)21-10-9-20-17/h3-10,13H,2,11-12H2,1H3. The highest BCUT2D eigenvalue weighted by atomic mass is 16.6. The van der Waals surface area contributed by atoms with Gasteiger partial charge in [0, 0.05) is 12.4 Å². The van der Waals surface area contributed by atoms with Crippen molar-refractivity contribution in [2.24, 2.45) is 0 Å². The summed E-state index contributed by atoms with van der Waals surface area (Å²) in [6, 6.07) is 12.4. The molecule has 0 saturated heterocycles. The SMILES string of the molecule is CCOc1ccc(OCCOC(=O)c2ccc3nccnc3c2)cc1. The summed E-state index contributed by atoms with van der Waals surface area (Å²) in [6.07, 6.45) is 3.20. The molecule has 0 saturated carbocycles. The van der Waals surface area contributed by atoms with Gasteiger partial charge in [-0.15, -0.1) is 0 Å². The zero-order valence-corrected chi connectivity index (χ0v) is 13.8. The molecule has 0 N–H and O–H groups in total. The van der Waals surface area contributed by atoms with Crippen molar-refractivity contribution in [3.63, 3.8) is 0 Å². The second-order valence-electron chi connectivity index (χ2n) is 5.15. The summed E-state index contributed by atoms with van der Waals surface area (Å²) in [6.45, 7) is 2.98. The minimum atomic E-state index is -0.414. The summed E-state index contributed by atoms with van der Waals surface area (Å²) in [7, 11) is 0. The lowest BCUT2D eigenvalue weighted by Gasteiger charge is -2.09. The summed E-state index contributed by atoms with van der Waals surface area (Å²) >= 11 is 0. The van der Waals surface area contributed by atoms with Crippen LogP contribution in [0.25, 0.3) is 11.0 Å². The minimum Gasteiger partial charge on any atom is -0.494 e. The first-order valence-electron chi connectivity index (χ1n) is 8.00. The van der Waals surface area contributed by atoms with Gasteiger partial charge in [-0.25, -0.2) is 4.79 Å². The van der Waals surface area contributed by atoms with E-state index in [2.05, 4.69) is 9.97 Å². The Morgan fingerprint density at radius 1 is 0.880 bits per heavy atom. The van der Waals surface area contributed by atoms with E-state index in [0.717, 1.165) is 11.3 Å². The van der Waals surface area contributed by atoms with Gasteiger partial charge in [0.15, 0.2) is 0 Å². The van der Waals surface area contributed by atoms with Crippen LogP contribution in [0.15, 0.2) is 54.9 Å². The smallest absolute Gasteiger partial charge is 0.338 e. The Morgan fingerprint density at radius 3 is 2.28 bits per heavy atom. The highest BCUT2D eigenvalue weighted by Crippen LogP contribution is 2.17. The van der Waals surface area contributed by atoms with E-state index < -0.39 is 5.97 Å². The molecule has 3 aromatic rings. The van der Waals surface area contributed by atoms with E-state index in [9.17, 15) is 4.79 Å². The monoisotopic (exact) mass is 338 g/mol. The number of hydrogen-bond acceptors (Lipinski definition) is 6. The minimum absolute atomic E-state index is 0.157. The van der Waals surface area contributed by atoms with Gasteiger partial charge >= 0.3 is 5.97 Å². The van der Waals surface area contributed by atoms with Crippen LogP contribution in [-0.4, -0.2) is 35.8 Å². The molecule has 128 valence electrons. The lowest BCUT2D eigenvalue weighted by molar-refractivity contribution is 0.0450. The zero-order valence-electron chi connectivity index (χ0n) is 13.8. The maximum Gasteiger partial charge on any atom is 0.338 e. The molecule has 0 aliphatic carbocycles. The fourth-order valence-corrected chi connectivity index (χ4v) is 2.27. The fraction of sp³-hybridized carbons (Fsp3) is 0.211. The van der Waals surface area contributed by atoms with Crippen LogP contribution in [-0.2, 0) is 4.74 Å². The van der Waals surface area contributed by atoms with Crippen LogP contribution in [0.4, 0.5) is 0 Å². The van der Waals surface area contributed by atoms with Crippen LogP contribution < -0.4 is 9.47 Å². The highest BCUT2D eigenvalue weighted by Gasteiger charge is 2.08. The van der Waals surface area contributed by atoms with E-state index in [1.54, 1.807) is 30.6 Å². The summed E-state index contributed by atoms with van der Waals surface area (Å²) < 4.78 is 16.1. The molecule has 6 heteroatoms. The van der Waals surface area contributed by atoms with Gasteiger partial charge in [-0.3, -0.25) is 9.97 Å². The quantitative estimate of drug-likeness (QED) is 0.486. The van der Waals surface area contributed by atoms with Crippen LogP contribution in [0.1, 0.15) is 17.3 Å². The van der Waals surface area contributed by atoms with E-state index in [-0.39, 0.29) is 13.2 Å². The second kappa shape index (κ2) is 8.10. The molecule has 0 atom stereocenters. The van der Waals surface area contributed by atoms with Gasteiger partial charge in [-0.05, 0) is 49.4 Å². The van der Waals surface area contributed by atoms with Crippen LogP contribution in [0, 0.1) is 0 Å². The number of benzene rings is 2. The third kappa shape index (κ3) is 4.44. The largest absolute Gasteiger partial charge is 0.494 e. The average molecular weight is 338 g/mol. The summed E-state index contributed by atoms with van der Waals surface area (Å²) in [5.74, 6) is 1.07. The van der Waals surface area contributed by atoms with Gasteiger partial charge in [0.1, 0.15) is 24.7 Å². The molecule has 0 aliphatic rings. The number of esters is 1. The van der Waals surface area contributed by atoms with Crippen molar-refractivity contribution in [3.8, 4) is 11.5 Å². The summed E-state index contributed by atoms with van der Waals surface area (Å²) in [5, 5.41) is 0. The van der Waals surface area contributed by atoms with Crippen molar-refractivity contribution in [1.29, 1.82) is 0 Å². The van der Waals surface area contributed by atoms with Crippen molar-refractivity contribution in [2.45, 2.75) is 6.92 Å². The molecule has 25 heavy (non-hydrogen) atoms. The molecule has 0 unspecified atom stereocenters. The molecule has 1 aromatic heterocycles. The average Bonchev–Trinajstić information content (AvgIpc) is 2.66. The number of carbonyl (C=O) groups excluding carboxylic acids is 1. The maximum absolute atomic E-state index is 12.1. The van der Waals surface area contributed by atoms with Crippen molar-refractivity contribution in [3.05, 3.63) is 60.4 Å². The molecule has 3 rings (SSSR count). The second-order valence-corrected chi connectivity index (χ2v) is 5.15. The third-order valence-electron chi connectivity index (χ3n) is 3.42. The number of rotatable bonds is 7. The number of hydrogen-bond donors (Lipinski definition) is 0. The molecule has 0 fully saturated rings. The lowest BCUT2D eigenvalue weighted by Crippen LogP contribution is -2.12. The normalized spacial score (nSPS) is 10.4. The number of carbonyl (C=O) groups is 1. The zero-order chi connectivity index (χ0) is 17.5. The van der Waals surface area contributed by atoms with Crippen LogP contribution in [0.3, 0.4) is 0 Å². The molecule has 0 bridgehead atoms. The molecule has 0 spiro atoms. The summed E-state index contributed by atoms with van der Waals surface area (Å²) in [4.78, 5) is 20.4. The molecule has 0 aliphatic heterocycles. The molecular weight excluding hydrogens is 320 g/mol. The first kappa shape index (κ1) is 16.7. The van der Waals surface area contributed by atoms with E-state index in [4.69, 9.17) is 14.2 Å². The molecule has 0 amide bonds. The predicted molar refractivity (Wildman–Crippen MR) is 92.9 cm³/mol. The topological polar surface area (TPSA) is 70.5 Å². The predicted octanol–water partition coefficient (Wildman–Crippen LogP) is 3.26. The third-order valence-corrected chi connectivity index (χ3v) is 3.42. The highest BCUT2D eigenvalue weighted by molar-refractivity contribution is 5.93. The van der Waals surface area contributed by atoms with E-state index in [1.165, 1.54) is 0 Å². The first-order valence-corrected chi connectivity index (χ1v) is 8.00. The van der Waals surface area contributed by atoms with Crippen molar-refractivity contribution >= 4 is 17.0 Å². The Balaban J connectivity index is 1.48. The van der Waals surface area contributed by atoms with Crippen LogP contribution in [0.5, 0.6) is 11.5 Å². The van der Waals surface area contributed by atoms with Crippen molar-refractivity contribution < 1.29 is 19.0 Å². The Morgan fingerprint density at radius 2 is 1.56 bits per heavy atom. The van der Waals surface area contributed by atoms with E-state index in [0.29, 0.717) is 23.4 Å². The van der Waals surface area contributed by atoms with Gasteiger partial charge in [0.05, 0.1) is 23.2 Å². The number of nitrogens with zero attached hydrogens (tertiary/aromatic N) is 2. The Labute approximate surface area is 145 Å². The Hall–Kier alpha value is -3.15. The van der Waals surface area contributed by atoms with E-state index >= 15 is 0 Å². The maximum atomic E-state index is 12.1. The molecule has 1 heterocycles. The Bertz CT molecular complexity index is 849. The molecule has 0 radical (unpaired) electrons. The molecular formula is C19H18N2O4. The Kier molecular flexibility index (Phi) is 5.41. The van der Waals surface area contributed by atoms with Gasteiger partial charge in [-0.2, -0.15) is 0 Å². The lowest BCUT2D eigenvalue weighted by atomic mass is 10.2. The van der Waals surface area contributed by atoms with Gasteiger partial charge in [0.25, 0.3) is 0 Å². The van der Waals surface area contributed by atoms with Crippen molar-refractivity contribution in [1.82, 2.24) is 9.97 Å². The van der Waals surface area contributed by atoms with Gasteiger partial charge in [0.2, 0.25) is 0 Å².